The van der Waals surface area contributed by atoms with E-state index in [4.69, 9.17) is 18.9 Å². The van der Waals surface area contributed by atoms with Crippen LogP contribution >= 0.6 is 0 Å². The number of ether oxygens (including phenoxy) is 4. The third-order valence-electron chi connectivity index (χ3n) is 3.92. The summed E-state index contributed by atoms with van der Waals surface area (Å²) in [5.74, 6) is -0.504. The molecule has 0 amide bonds. The molecule has 0 saturated carbocycles. The third-order valence-corrected chi connectivity index (χ3v) is 3.92. The van der Waals surface area contributed by atoms with Crippen LogP contribution in [0.5, 0.6) is 5.75 Å². The molecule has 0 spiro atoms. The van der Waals surface area contributed by atoms with Crippen LogP contribution in [0.2, 0.25) is 0 Å². The molecule has 2 atom stereocenters. The van der Waals surface area contributed by atoms with Crippen molar-refractivity contribution in [3.05, 3.63) is 39.9 Å². The van der Waals surface area contributed by atoms with Crippen LogP contribution < -0.4 is 4.74 Å². The van der Waals surface area contributed by atoms with Gasteiger partial charge < -0.3 is 23.7 Å². The monoisotopic (exact) mass is 355 g/mol. The molecule has 25 heavy (non-hydrogen) atoms. The highest BCUT2D eigenvalue weighted by atomic mass is 16.7. The Labute approximate surface area is 147 Å². The molecule has 0 heterocycles. The quantitative estimate of drug-likeness (QED) is 0.175. The van der Waals surface area contributed by atoms with Gasteiger partial charge in [-0.3, -0.25) is 10.1 Å². The molecule has 8 nitrogen and oxygen atoms in total. The number of aldehydes is 1. The first kappa shape index (κ1) is 21.0. The number of nitro groups is 1. The van der Waals surface area contributed by atoms with Crippen molar-refractivity contribution < 1.29 is 28.7 Å². The number of nitrogens with zero attached hydrogens (tertiary/aromatic N) is 1. The molecule has 0 aliphatic carbocycles. The molecule has 0 aliphatic rings. The van der Waals surface area contributed by atoms with Gasteiger partial charge in [-0.1, -0.05) is 12.1 Å². The van der Waals surface area contributed by atoms with Crippen LogP contribution in [-0.4, -0.2) is 52.0 Å². The minimum atomic E-state index is -0.817. The molecule has 0 fully saturated rings. The van der Waals surface area contributed by atoms with Gasteiger partial charge in [-0.2, -0.15) is 0 Å². The number of rotatable bonds is 13. The van der Waals surface area contributed by atoms with Crippen LogP contribution in [0, 0.1) is 22.0 Å². The van der Waals surface area contributed by atoms with Gasteiger partial charge >= 0.3 is 0 Å². The largest absolute Gasteiger partial charge is 0.497 e. The van der Waals surface area contributed by atoms with Gasteiger partial charge in [0.1, 0.15) is 12.0 Å². The van der Waals surface area contributed by atoms with Gasteiger partial charge in [-0.15, -0.1) is 0 Å². The smallest absolute Gasteiger partial charge is 0.212 e. The van der Waals surface area contributed by atoms with E-state index in [-0.39, 0.29) is 0 Å². The van der Waals surface area contributed by atoms with Crippen LogP contribution in [0.25, 0.3) is 0 Å². The van der Waals surface area contributed by atoms with Crippen LogP contribution in [0.15, 0.2) is 24.3 Å². The highest BCUT2D eigenvalue weighted by Gasteiger charge is 2.34. The topological polar surface area (TPSA) is 97.1 Å². The van der Waals surface area contributed by atoms with Gasteiger partial charge in [0.2, 0.25) is 6.54 Å². The number of hydrogen-bond donors (Lipinski definition) is 0. The summed E-state index contributed by atoms with van der Waals surface area (Å²) in [6, 6.07) is 7.44. The number of hydrogen-bond acceptors (Lipinski definition) is 7. The predicted octanol–water partition coefficient (Wildman–Crippen LogP) is 1.93. The van der Waals surface area contributed by atoms with Gasteiger partial charge in [0.05, 0.1) is 19.6 Å². The molecule has 0 saturated heterocycles. The van der Waals surface area contributed by atoms with Crippen molar-refractivity contribution in [3.63, 3.8) is 0 Å². The van der Waals surface area contributed by atoms with E-state index in [9.17, 15) is 14.9 Å². The number of carbonyl (C=O) groups excluding carboxylic acids is 1. The summed E-state index contributed by atoms with van der Waals surface area (Å²) < 4.78 is 20.9. The van der Waals surface area contributed by atoms with Crippen molar-refractivity contribution in [2.24, 2.45) is 11.8 Å². The maximum atomic E-state index is 11.4. The molecule has 0 bridgehead atoms. The minimum absolute atomic E-state index is 0.295. The first-order chi connectivity index (χ1) is 12.0. The summed E-state index contributed by atoms with van der Waals surface area (Å²) >= 11 is 0. The zero-order valence-corrected chi connectivity index (χ0v) is 14.8. The van der Waals surface area contributed by atoms with Gasteiger partial charge in [0, 0.05) is 31.7 Å². The van der Waals surface area contributed by atoms with Crippen LogP contribution in [0.3, 0.4) is 0 Å². The Morgan fingerprint density at radius 3 is 2.28 bits per heavy atom. The van der Waals surface area contributed by atoms with Gasteiger partial charge in [0.15, 0.2) is 6.29 Å². The first-order valence-electron chi connectivity index (χ1n) is 7.89. The van der Waals surface area contributed by atoms with E-state index in [2.05, 4.69) is 0 Å². The number of methoxy groups -OCH3 is 3. The second kappa shape index (κ2) is 11.5. The average molecular weight is 355 g/mol. The van der Waals surface area contributed by atoms with Crippen molar-refractivity contribution in [3.8, 4) is 5.75 Å². The SMILES string of the molecule is COc1ccc(COCC[C@@H](C=O)[C@@H](C[N+](=O)[O-])C(OC)OC)cc1. The summed E-state index contributed by atoms with van der Waals surface area (Å²) in [5.41, 5.74) is 0.969. The summed E-state index contributed by atoms with van der Waals surface area (Å²) in [6.45, 7) is 0.269. The molecule has 0 unspecified atom stereocenters. The molecule has 0 N–H and O–H groups in total. The molecular formula is C17H25NO7. The summed E-state index contributed by atoms with van der Waals surface area (Å²) in [7, 11) is 4.38. The summed E-state index contributed by atoms with van der Waals surface area (Å²) in [4.78, 5) is 21.8. The molecule has 0 aliphatic heterocycles. The zero-order valence-electron chi connectivity index (χ0n) is 14.8. The van der Waals surface area contributed by atoms with Gasteiger partial charge in [0.25, 0.3) is 0 Å². The van der Waals surface area contributed by atoms with Crippen molar-refractivity contribution in [2.75, 3.05) is 34.5 Å². The molecule has 140 valence electrons. The molecule has 0 aromatic heterocycles. The zero-order chi connectivity index (χ0) is 18.7. The standard InChI is InChI=1S/C17H25NO7/c1-22-15-6-4-13(5-7-15)12-25-9-8-14(11-19)16(10-18(20)21)17(23-2)24-3/h4-7,11,14,16-17H,8-10,12H2,1-3H3/t14-,16+/m0/s1. The van der Waals surface area contributed by atoms with E-state index in [0.717, 1.165) is 11.3 Å². The fourth-order valence-corrected chi connectivity index (χ4v) is 2.56. The van der Waals surface area contributed by atoms with E-state index in [1.807, 2.05) is 24.3 Å². The number of benzene rings is 1. The average Bonchev–Trinajstić information content (AvgIpc) is 2.62. The van der Waals surface area contributed by atoms with E-state index in [0.29, 0.717) is 25.9 Å². The Bertz CT molecular complexity index is 516. The van der Waals surface area contributed by atoms with E-state index < -0.39 is 29.6 Å². The molecule has 8 heteroatoms. The van der Waals surface area contributed by atoms with Crippen molar-refractivity contribution in [1.29, 1.82) is 0 Å². The lowest BCUT2D eigenvalue weighted by atomic mass is 9.90. The lowest BCUT2D eigenvalue weighted by Gasteiger charge is -2.26. The van der Waals surface area contributed by atoms with E-state index in [1.165, 1.54) is 14.2 Å². The molecule has 1 aromatic rings. The lowest BCUT2D eigenvalue weighted by Crippen LogP contribution is -2.37. The van der Waals surface area contributed by atoms with Crippen LogP contribution in [0.4, 0.5) is 0 Å². The van der Waals surface area contributed by atoms with Crippen molar-refractivity contribution in [1.82, 2.24) is 0 Å². The third kappa shape index (κ3) is 7.16. The predicted molar refractivity (Wildman–Crippen MR) is 90.0 cm³/mol. The summed E-state index contributed by atoms with van der Waals surface area (Å²) in [5, 5.41) is 10.9. The van der Waals surface area contributed by atoms with Crippen LogP contribution in [-0.2, 0) is 25.6 Å². The molecule has 1 rings (SSSR count). The summed E-state index contributed by atoms with van der Waals surface area (Å²) in [6.07, 6.45) is 0.235. The van der Waals surface area contributed by atoms with Crippen LogP contribution in [0.1, 0.15) is 12.0 Å². The van der Waals surface area contributed by atoms with Crippen molar-refractivity contribution >= 4 is 6.29 Å². The fourth-order valence-electron chi connectivity index (χ4n) is 2.56. The Morgan fingerprint density at radius 2 is 1.80 bits per heavy atom. The number of carbonyl (C=O) groups is 1. The Kier molecular flexibility index (Phi) is 9.68. The molecule has 0 radical (unpaired) electrons. The fraction of sp³-hybridized carbons (Fsp3) is 0.588. The Balaban J connectivity index is 2.54. The van der Waals surface area contributed by atoms with E-state index >= 15 is 0 Å². The Hall–Kier alpha value is -2.03. The minimum Gasteiger partial charge on any atom is -0.497 e. The maximum Gasteiger partial charge on any atom is 0.212 e. The lowest BCUT2D eigenvalue weighted by molar-refractivity contribution is -0.495. The second-order valence-electron chi connectivity index (χ2n) is 5.51. The van der Waals surface area contributed by atoms with Gasteiger partial charge in [-0.25, -0.2) is 0 Å². The maximum absolute atomic E-state index is 11.4. The second-order valence-corrected chi connectivity index (χ2v) is 5.51. The molecular weight excluding hydrogens is 330 g/mol. The van der Waals surface area contributed by atoms with Crippen molar-refractivity contribution in [2.45, 2.75) is 19.3 Å². The first-order valence-corrected chi connectivity index (χ1v) is 7.89. The highest BCUT2D eigenvalue weighted by Crippen LogP contribution is 2.22. The Morgan fingerprint density at radius 1 is 1.16 bits per heavy atom. The normalized spacial score (nSPS) is 13.4. The highest BCUT2D eigenvalue weighted by molar-refractivity contribution is 5.54. The van der Waals surface area contributed by atoms with Gasteiger partial charge in [-0.05, 0) is 24.1 Å². The molecule has 1 aromatic carbocycles. The van der Waals surface area contributed by atoms with E-state index in [1.54, 1.807) is 7.11 Å².